The van der Waals surface area contributed by atoms with Gasteiger partial charge in [-0.3, -0.25) is 10.1 Å². The van der Waals surface area contributed by atoms with Gasteiger partial charge in [0.25, 0.3) is 5.91 Å². The van der Waals surface area contributed by atoms with Crippen molar-refractivity contribution in [3.8, 4) is 11.5 Å². The van der Waals surface area contributed by atoms with Crippen molar-refractivity contribution in [1.82, 2.24) is 15.3 Å². The van der Waals surface area contributed by atoms with E-state index in [1.807, 2.05) is 50.2 Å². The van der Waals surface area contributed by atoms with Gasteiger partial charge in [0.15, 0.2) is 11.5 Å². The molecule has 232 valence electrons. The third-order valence-electron chi connectivity index (χ3n) is 5.74. The molecule has 1 aliphatic rings. The maximum atomic E-state index is 13.2. The van der Waals surface area contributed by atoms with Crippen molar-refractivity contribution in [1.29, 1.82) is 0 Å². The molecular formula is C30H38N4O9. The minimum absolute atomic E-state index is 0.118. The van der Waals surface area contributed by atoms with Crippen molar-refractivity contribution >= 4 is 29.6 Å². The number of ether oxygens (including phenoxy) is 3. The summed E-state index contributed by atoms with van der Waals surface area (Å²) < 4.78 is 16.3. The predicted molar refractivity (Wildman–Crippen MR) is 159 cm³/mol. The number of nitrogens with one attached hydrogen (secondary N) is 2. The SMILES string of the molecule is CCOc1cc(C2CC=CN(C(=O)c3cccc(NC(=O)OCCCN(C)C)c3)N2)ccc1OC.O=C(O)C=CC(=O)O. The molecule has 0 saturated heterocycles. The molecule has 0 radical (unpaired) electrons. The summed E-state index contributed by atoms with van der Waals surface area (Å²) in [5.41, 5.74) is 5.16. The number of hydrazine groups is 1. The van der Waals surface area contributed by atoms with E-state index in [2.05, 4.69) is 10.7 Å². The van der Waals surface area contributed by atoms with Crippen LogP contribution in [0.25, 0.3) is 0 Å². The first kappa shape index (κ1) is 34.3. The molecule has 1 unspecified atom stereocenters. The quantitative estimate of drug-likeness (QED) is 0.207. The second kappa shape index (κ2) is 17.8. The van der Waals surface area contributed by atoms with Crippen LogP contribution < -0.4 is 20.2 Å². The van der Waals surface area contributed by atoms with Gasteiger partial charge in [0, 0.05) is 36.1 Å². The lowest BCUT2D eigenvalue weighted by molar-refractivity contribution is -0.134. The van der Waals surface area contributed by atoms with E-state index < -0.39 is 18.0 Å². The number of anilines is 1. The normalized spacial score (nSPS) is 14.1. The zero-order chi connectivity index (χ0) is 31.8. The molecule has 2 aromatic rings. The summed E-state index contributed by atoms with van der Waals surface area (Å²) in [4.78, 5) is 46.4. The number of hydrogen-bond acceptors (Lipinski definition) is 9. The Hall–Kier alpha value is -4.88. The molecule has 0 aliphatic carbocycles. The minimum Gasteiger partial charge on any atom is -0.493 e. The molecule has 13 heteroatoms. The molecule has 3 rings (SSSR count). The maximum absolute atomic E-state index is 13.2. The molecule has 4 N–H and O–H groups in total. The molecular weight excluding hydrogens is 560 g/mol. The largest absolute Gasteiger partial charge is 0.493 e. The summed E-state index contributed by atoms with van der Waals surface area (Å²) in [5, 5.41) is 19.8. The first-order chi connectivity index (χ1) is 20.5. The Bertz CT molecular complexity index is 1290. The van der Waals surface area contributed by atoms with Gasteiger partial charge in [0.05, 0.1) is 26.4 Å². The molecule has 2 amide bonds. The lowest BCUT2D eigenvalue weighted by atomic mass is 10.0. The Kier molecular flexibility index (Phi) is 14.2. The zero-order valence-electron chi connectivity index (χ0n) is 24.6. The monoisotopic (exact) mass is 598 g/mol. The third kappa shape index (κ3) is 12.3. The number of hydrogen-bond donors (Lipinski definition) is 4. The van der Waals surface area contributed by atoms with E-state index in [0.717, 1.165) is 18.5 Å². The fourth-order valence-electron chi connectivity index (χ4n) is 3.79. The predicted octanol–water partition coefficient (Wildman–Crippen LogP) is 3.91. The van der Waals surface area contributed by atoms with Crippen LogP contribution in [0.5, 0.6) is 11.5 Å². The van der Waals surface area contributed by atoms with Crippen molar-refractivity contribution in [2.75, 3.05) is 46.3 Å². The van der Waals surface area contributed by atoms with Crippen molar-refractivity contribution < 1.29 is 43.6 Å². The molecule has 43 heavy (non-hydrogen) atoms. The molecule has 1 heterocycles. The van der Waals surface area contributed by atoms with E-state index in [4.69, 9.17) is 24.4 Å². The van der Waals surface area contributed by atoms with Crippen LogP contribution in [0.3, 0.4) is 0 Å². The number of nitrogens with zero attached hydrogens (tertiary/aromatic N) is 2. The molecule has 1 atom stereocenters. The summed E-state index contributed by atoms with van der Waals surface area (Å²) in [6, 6.07) is 12.4. The van der Waals surface area contributed by atoms with Gasteiger partial charge in [0.2, 0.25) is 0 Å². The number of aliphatic carboxylic acids is 2. The summed E-state index contributed by atoms with van der Waals surface area (Å²) in [5.74, 6) is -1.43. The highest BCUT2D eigenvalue weighted by molar-refractivity contribution is 5.96. The standard InChI is InChI=1S/C26H34N4O5.C4H4O4/c1-5-34-24-18-19(12-13-23(24)33-4)22-11-7-15-30(28-22)25(31)20-9-6-10-21(17-20)27-26(32)35-16-8-14-29(2)3;5-3(6)1-2-4(7)8/h6-7,9-10,12-13,15,17-18,22,28H,5,8,11,14,16H2,1-4H3,(H,27,32);1-2H,(H,5,6)(H,7,8). The van der Waals surface area contributed by atoms with Gasteiger partial charge in [-0.05, 0) is 69.8 Å². The number of carboxylic acid groups (broad SMARTS) is 2. The lowest BCUT2D eigenvalue weighted by Crippen LogP contribution is -2.43. The number of benzene rings is 2. The van der Waals surface area contributed by atoms with Crippen LogP contribution in [-0.2, 0) is 14.3 Å². The Morgan fingerprint density at radius 3 is 2.42 bits per heavy atom. The summed E-state index contributed by atoms with van der Waals surface area (Å²) in [6.45, 7) is 3.60. The van der Waals surface area contributed by atoms with E-state index in [0.29, 0.717) is 54.5 Å². The molecule has 0 fully saturated rings. The van der Waals surface area contributed by atoms with Gasteiger partial charge in [-0.2, -0.15) is 0 Å². The number of amides is 2. The van der Waals surface area contributed by atoms with E-state index in [1.165, 1.54) is 5.01 Å². The van der Waals surface area contributed by atoms with Gasteiger partial charge in [-0.15, -0.1) is 0 Å². The second-order valence-corrected chi connectivity index (χ2v) is 9.33. The number of carboxylic acids is 2. The zero-order valence-corrected chi connectivity index (χ0v) is 24.6. The molecule has 0 spiro atoms. The van der Waals surface area contributed by atoms with Crippen LogP contribution in [0, 0.1) is 0 Å². The molecule has 13 nitrogen and oxygen atoms in total. The Labute approximate surface area is 250 Å². The summed E-state index contributed by atoms with van der Waals surface area (Å²) in [7, 11) is 5.53. The van der Waals surface area contributed by atoms with Crippen LogP contribution in [0.1, 0.15) is 41.7 Å². The topological polar surface area (TPSA) is 167 Å². The Morgan fingerprint density at radius 2 is 1.79 bits per heavy atom. The van der Waals surface area contributed by atoms with E-state index in [-0.39, 0.29) is 11.9 Å². The Morgan fingerprint density at radius 1 is 1.07 bits per heavy atom. The fraction of sp³-hybridized carbons (Fsp3) is 0.333. The highest BCUT2D eigenvalue weighted by Crippen LogP contribution is 2.32. The number of rotatable bonds is 12. The van der Waals surface area contributed by atoms with E-state index in [1.54, 1.807) is 37.6 Å². The highest BCUT2D eigenvalue weighted by Gasteiger charge is 2.23. The van der Waals surface area contributed by atoms with Crippen molar-refractivity contribution in [3.05, 3.63) is 78.0 Å². The number of carbonyl (C=O) groups excluding carboxylic acids is 2. The highest BCUT2D eigenvalue weighted by atomic mass is 16.5. The molecule has 2 aromatic carbocycles. The molecule has 1 aliphatic heterocycles. The maximum Gasteiger partial charge on any atom is 0.411 e. The van der Waals surface area contributed by atoms with Crippen molar-refractivity contribution in [2.45, 2.75) is 25.8 Å². The minimum atomic E-state index is -1.26. The molecule has 0 bridgehead atoms. The number of carbonyl (C=O) groups is 4. The van der Waals surface area contributed by atoms with Gasteiger partial charge in [-0.1, -0.05) is 18.2 Å². The first-order valence-corrected chi connectivity index (χ1v) is 13.4. The summed E-state index contributed by atoms with van der Waals surface area (Å²) >= 11 is 0. The third-order valence-corrected chi connectivity index (χ3v) is 5.74. The van der Waals surface area contributed by atoms with Gasteiger partial charge < -0.3 is 29.3 Å². The first-order valence-electron chi connectivity index (χ1n) is 13.4. The van der Waals surface area contributed by atoms with Crippen LogP contribution in [0.15, 0.2) is 66.9 Å². The Balaban J connectivity index is 0.000000708. The fourth-order valence-corrected chi connectivity index (χ4v) is 3.79. The van der Waals surface area contributed by atoms with Gasteiger partial charge >= 0.3 is 18.0 Å². The van der Waals surface area contributed by atoms with Crippen LogP contribution in [0.4, 0.5) is 10.5 Å². The van der Waals surface area contributed by atoms with Crippen molar-refractivity contribution in [2.24, 2.45) is 0 Å². The average molecular weight is 599 g/mol. The van der Waals surface area contributed by atoms with Crippen LogP contribution >= 0.6 is 0 Å². The van der Waals surface area contributed by atoms with Crippen LogP contribution in [0.2, 0.25) is 0 Å². The average Bonchev–Trinajstić information content (AvgIpc) is 2.98. The van der Waals surface area contributed by atoms with Gasteiger partial charge in [0.1, 0.15) is 0 Å². The molecule has 0 aromatic heterocycles. The van der Waals surface area contributed by atoms with Crippen molar-refractivity contribution in [3.63, 3.8) is 0 Å². The smallest absolute Gasteiger partial charge is 0.411 e. The van der Waals surface area contributed by atoms with E-state index in [9.17, 15) is 19.2 Å². The second-order valence-electron chi connectivity index (χ2n) is 9.33. The van der Waals surface area contributed by atoms with Gasteiger partial charge in [-0.25, -0.2) is 24.8 Å². The lowest BCUT2D eigenvalue weighted by Gasteiger charge is -2.30. The molecule has 0 saturated carbocycles. The van der Waals surface area contributed by atoms with Crippen LogP contribution in [-0.4, -0.2) is 85.0 Å². The van der Waals surface area contributed by atoms with E-state index >= 15 is 0 Å². The summed E-state index contributed by atoms with van der Waals surface area (Å²) in [6.07, 6.45) is 5.68. The number of methoxy groups -OCH3 is 1.